The molecule has 1 heterocycles. The Morgan fingerprint density at radius 2 is 1.50 bits per heavy atom. The Balaban J connectivity index is 2.07. The minimum absolute atomic E-state index is 0.00238. The van der Waals surface area contributed by atoms with E-state index in [1.165, 1.54) is 32.5 Å². The van der Waals surface area contributed by atoms with Crippen molar-refractivity contribution in [2.24, 2.45) is 0 Å². The van der Waals surface area contributed by atoms with Crippen molar-refractivity contribution in [3.05, 3.63) is 89.6 Å². The third-order valence-corrected chi connectivity index (χ3v) is 7.07. The van der Waals surface area contributed by atoms with Crippen molar-refractivity contribution >= 4 is 26.5 Å². The molecule has 6 nitrogen and oxygen atoms in total. The van der Waals surface area contributed by atoms with Gasteiger partial charge in [0.1, 0.15) is 0 Å². The first kappa shape index (κ1) is 21.5. The van der Waals surface area contributed by atoms with E-state index in [1.807, 2.05) is 6.92 Å². The van der Waals surface area contributed by atoms with Gasteiger partial charge in [-0.2, -0.15) is 0 Å². The lowest BCUT2D eigenvalue weighted by atomic mass is 10.0. The van der Waals surface area contributed by atoms with Gasteiger partial charge in [0.25, 0.3) is 0 Å². The van der Waals surface area contributed by atoms with Gasteiger partial charge >= 0.3 is 0 Å². The molecule has 4 aromatic rings. The molecule has 0 radical (unpaired) electrons. The second-order valence-electron chi connectivity index (χ2n) is 7.24. The van der Waals surface area contributed by atoms with E-state index in [0.29, 0.717) is 22.6 Å². The van der Waals surface area contributed by atoms with Crippen LogP contribution in [0.3, 0.4) is 0 Å². The van der Waals surface area contributed by atoms with Crippen LogP contribution in [-0.4, -0.2) is 33.4 Å². The summed E-state index contributed by atoms with van der Waals surface area (Å²) < 4.78 is 38.2. The van der Waals surface area contributed by atoms with Crippen LogP contribution in [0.15, 0.2) is 82.7 Å². The number of sulfone groups is 1. The summed E-state index contributed by atoms with van der Waals surface area (Å²) in [6.07, 6.45) is 1.31. The molecule has 0 saturated carbocycles. The van der Waals surface area contributed by atoms with Gasteiger partial charge in [-0.15, -0.1) is 0 Å². The Kier molecular flexibility index (Phi) is 5.67. The number of fused-ring (bicyclic) bond motifs is 1. The summed E-state index contributed by atoms with van der Waals surface area (Å²) in [5, 5.41) is 0.282. The molecule has 0 aliphatic rings. The van der Waals surface area contributed by atoms with Crippen molar-refractivity contribution in [3.8, 4) is 11.5 Å². The largest absolute Gasteiger partial charge is 0.493 e. The highest BCUT2D eigenvalue weighted by atomic mass is 32.2. The molecule has 4 rings (SSSR count). The van der Waals surface area contributed by atoms with E-state index >= 15 is 0 Å². The Morgan fingerprint density at radius 3 is 2.12 bits per heavy atom. The lowest BCUT2D eigenvalue weighted by Crippen LogP contribution is -2.13. The molecule has 162 valence electrons. The van der Waals surface area contributed by atoms with Crippen molar-refractivity contribution < 1.29 is 22.7 Å². The summed E-state index contributed by atoms with van der Waals surface area (Å²) >= 11 is 0. The minimum Gasteiger partial charge on any atom is -0.493 e. The predicted octanol–water partition coefficient (Wildman–Crippen LogP) is 4.62. The molecule has 0 atom stereocenters. The molecular formula is C25H21NO5S. The maximum atomic E-state index is 13.8. The first-order valence-electron chi connectivity index (χ1n) is 9.83. The molecule has 32 heavy (non-hydrogen) atoms. The molecule has 0 aliphatic carbocycles. The van der Waals surface area contributed by atoms with Crippen LogP contribution in [0.2, 0.25) is 0 Å². The van der Waals surface area contributed by atoms with Crippen LogP contribution >= 0.6 is 0 Å². The first-order valence-corrected chi connectivity index (χ1v) is 11.3. The number of hydrogen-bond donors (Lipinski definition) is 0. The van der Waals surface area contributed by atoms with Gasteiger partial charge in [0.05, 0.1) is 35.1 Å². The first-order chi connectivity index (χ1) is 15.4. The maximum Gasteiger partial charge on any atom is 0.208 e. The summed E-state index contributed by atoms with van der Waals surface area (Å²) in [7, 11) is -1.11. The topological polar surface area (TPSA) is 82.6 Å². The van der Waals surface area contributed by atoms with Crippen molar-refractivity contribution in [2.75, 3.05) is 14.2 Å². The highest BCUT2D eigenvalue weighted by Gasteiger charge is 2.29. The van der Waals surface area contributed by atoms with E-state index in [4.69, 9.17) is 9.47 Å². The fraction of sp³-hybridized carbons (Fsp3) is 0.120. The second-order valence-corrected chi connectivity index (χ2v) is 9.12. The molecule has 0 N–H and O–H groups in total. The number of ether oxygens (including phenoxy) is 2. The number of rotatable bonds is 6. The van der Waals surface area contributed by atoms with Crippen LogP contribution in [0.5, 0.6) is 11.5 Å². The summed E-state index contributed by atoms with van der Waals surface area (Å²) in [6, 6.07) is 18.1. The van der Waals surface area contributed by atoms with Crippen LogP contribution in [-0.2, 0) is 9.84 Å². The molecule has 0 unspecified atom stereocenters. The van der Waals surface area contributed by atoms with Gasteiger partial charge in [0.15, 0.2) is 17.3 Å². The normalized spacial score (nSPS) is 11.3. The number of pyridine rings is 1. The SMILES string of the molecule is COc1cc2ncc(C(=O)c3ccc(C)cc3)c(S(=O)(=O)c3ccccc3)c2cc1OC. The Hall–Kier alpha value is -3.71. The monoisotopic (exact) mass is 447 g/mol. The Bertz CT molecular complexity index is 1410. The van der Waals surface area contributed by atoms with Crippen LogP contribution in [0.1, 0.15) is 21.5 Å². The number of nitrogens with zero attached hydrogens (tertiary/aromatic N) is 1. The molecule has 0 saturated heterocycles. The lowest BCUT2D eigenvalue weighted by molar-refractivity contribution is 0.103. The number of ketones is 1. The van der Waals surface area contributed by atoms with Gasteiger partial charge in [-0.1, -0.05) is 48.0 Å². The number of carbonyl (C=O) groups excluding carboxylic acids is 1. The molecule has 3 aromatic carbocycles. The maximum absolute atomic E-state index is 13.8. The van der Waals surface area contributed by atoms with E-state index in [2.05, 4.69) is 4.98 Å². The number of aromatic nitrogens is 1. The molecule has 0 amide bonds. The fourth-order valence-corrected chi connectivity index (χ4v) is 5.16. The van der Waals surface area contributed by atoms with Gasteiger partial charge in [0.2, 0.25) is 9.84 Å². The molecular weight excluding hydrogens is 426 g/mol. The molecule has 0 bridgehead atoms. The second kappa shape index (κ2) is 8.43. The molecule has 7 heteroatoms. The lowest BCUT2D eigenvalue weighted by Gasteiger charge is -2.15. The van der Waals surface area contributed by atoms with Gasteiger partial charge in [-0.3, -0.25) is 9.78 Å². The minimum atomic E-state index is -4.06. The van der Waals surface area contributed by atoms with Crippen LogP contribution in [0.25, 0.3) is 10.9 Å². The van der Waals surface area contributed by atoms with Crippen LogP contribution < -0.4 is 9.47 Å². The van der Waals surface area contributed by atoms with Gasteiger partial charge < -0.3 is 9.47 Å². The fourth-order valence-electron chi connectivity index (χ4n) is 3.52. The number of benzene rings is 3. The van der Waals surface area contributed by atoms with Crippen molar-refractivity contribution in [1.29, 1.82) is 0 Å². The van der Waals surface area contributed by atoms with E-state index in [0.717, 1.165) is 5.56 Å². The smallest absolute Gasteiger partial charge is 0.208 e. The summed E-state index contributed by atoms with van der Waals surface area (Å²) in [4.78, 5) is 17.8. The molecule has 1 aromatic heterocycles. The Labute approximate surface area is 186 Å². The van der Waals surface area contributed by atoms with Gasteiger partial charge in [0, 0.05) is 23.2 Å². The van der Waals surface area contributed by atoms with Crippen molar-refractivity contribution in [1.82, 2.24) is 4.98 Å². The number of methoxy groups -OCH3 is 2. The van der Waals surface area contributed by atoms with E-state index in [1.54, 1.807) is 54.6 Å². The standard InChI is InChI=1S/C25H21NO5S/c1-16-9-11-17(12-10-16)24(27)20-15-26-21-14-23(31-3)22(30-2)13-19(21)25(20)32(28,29)18-7-5-4-6-8-18/h4-15H,1-3H3. The summed E-state index contributed by atoms with van der Waals surface area (Å²) in [5.41, 5.74) is 1.74. The third-order valence-electron chi connectivity index (χ3n) is 5.20. The highest BCUT2D eigenvalue weighted by Crippen LogP contribution is 2.38. The van der Waals surface area contributed by atoms with Crippen molar-refractivity contribution in [2.45, 2.75) is 16.7 Å². The van der Waals surface area contributed by atoms with Gasteiger partial charge in [-0.25, -0.2) is 8.42 Å². The zero-order valence-corrected chi connectivity index (χ0v) is 18.6. The number of carbonyl (C=O) groups is 1. The van der Waals surface area contributed by atoms with E-state index in [-0.39, 0.29) is 20.7 Å². The van der Waals surface area contributed by atoms with E-state index < -0.39 is 15.6 Å². The number of aryl methyl sites for hydroxylation is 1. The zero-order valence-electron chi connectivity index (χ0n) is 17.8. The number of hydrogen-bond acceptors (Lipinski definition) is 6. The zero-order chi connectivity index (χ0) is 22.9. The average Bonchev–Trinajstić information content (AvgIpc) is 2.82. The quantitative estimate of drug-likeness (QED) is 0.401. The highest BCUT2D eigenvalue weighted by molar-refractivity contribution is 7.91. The van der Waals surface area contributed by atoms with Crippen LogP contribution in [0, 0.1) is 6.92 Å². The summed E-state index contributed by atoms with van der Waals surface area (Å²) in [6.45, 7) is 1.91. The molecule has 0 spiro atoms. The van der Waals surface area contributed by atoms with E-state index in [9.17, 15) is 13.2 Å². The third kappa shape index (κ3) is 3.71. The van der Waals surface area contributed by atoms with Crippen LogP contribution in [0.4, 0.5) is 0 Å². The van der Waals surface area contributed by atoms with Crippen molar-refractivity contribution in [3.63, 3.8) is 0 Å². The molecule has 0 aliphatic heterocycles. The predicted molar refractivity (Wildman–Crippen MR) is 121 cm³/mol. The Morgan fingerprint density at radius 1 is 0.875 bits per heavy atom. The summed E-state index contributed by atoms with van der Waals surface area (Å²) in [5.74, 6) is 0.322. The molecule has 0 fully saturated rings. The van der Waals surface area contributed by atoms with Gasteiger partial charge in [-0.05, 0) is 25.1 Å². The average molecular weight is 448 g/mol.